The number of hydrogen-bond donors (Lipinski definition) is 3. The second kappa shape index (κ2) is 7.19. The van der Waals surface area contributed by atoms with E-state index in [1.54, 1.807) is 20.8 Å². The summed E-state index contributed by atoms with van der Waals surface area (Å²) in [6.45, 7) is 6.89. The van der Waals surface area contributed by atoms with E-state index in [0.29, 0.717) is 12.8 Å². The van der Waals surface area contributed by atoms with Crippen molar-refractivity contribution in [1.29, 1.82) is 0 Å². The zero-order valence-electron chi connectivity index (χ0n) is 10.6. The molecular weight excluding hydrogens is 210 g/mol. The molecule has 0 rings (SSSR count). The Morgan fingerprint density at radius 1 is 1.31 bits per heavy atom. The SMILES string of the molecule is CCC(CO)OC(CC(C)(C)O)OC(C)N. The van der Waals surface area contributed by atoms with Crippen LogP contribution in [-0.2, 0) is 9.47 Å². The van der Waals surface area contributed by atoms with Crippen LogP contribution in [0, 0.1) is 0 Å². The van der Waals surface area contributed by atoms with Crippen molar-refractivity contribution in [2.45, 2.75) is 64.8 Å². The number of rotatable bonds is 8. The minimum atomic E-state index is -0.896. The first kappa shape index (κ1) is 15.8. The van der Waals surface area contributed by atoms with Crippen LogP contribution in [0.2, 0.25) is 0 Å². The Labute approximate surface area is 97.5 Å². The van der Waals surface area contributed by atoms with Gasteiger partial charge in [-0.05, 0) is 27.2 Å². The Balaban J connectivity index is 4.30. The predicted molar refractivity (Wildman–Crippen MR) is 61.7 cm³/mol. The molecule has 0 aliphatic heterocycles. The van der Waals surface area contributed by atoms with Crippen molar-refractivity contribution in [2.75, 3.05) is 6.61 Å². The van der Waals surface area contributed by atoms with E-state index in [2.05, 4.69) is 0 Å². The molecule has 3 unspecified atom stereocenters. The summed E-state index contributed by atoms with van der Waals surface area (Å²) in [6, 6.07) is 0. The molecule has 0 aliphatic carbocycles. The maximum atomic E-state index is 9.70. The highest BCUT2D eigenvalue weighted by Crippen LogP contribution is 2.17. The Bertz CT molecular complexity index is 175. The number of ether oxygens (including phenoxy) is 2. The van der Waals surface area contributed by atoms with Crippen LogP contribution < -0.4 is 5.73 Å². The monoisotopic (exact) mass is 235 g/mol. The molecule has 0 radical (unpaired) electrons. The Hall–Kier alpha value is -0.200. The summed E-state index contributed by atoms with van der Waals surface area (Å²) in [5, 5.41) is 18.7. The van der Waals surface area contributed by atoms with E-state index in [9.17, 15) is 5.11 Å². The predicted octanol–water partition coefficient (Wildman–Crippen LogP) is 0.582. The summed E-state index contributed by atoms with van der Waals surface area (Å²) >= 11 is 0. The molecular formula is C11H25NO4. The van der Waals surface area contributed by atoms with Gasteiger partial charge in [0.2, 0.25) is 0 Å². The van der Waals surface area contributed by atoms with Gasteiger partial charge in [0, 0.05) is 6.42 Å². The highest BCUT2D eigenvalue weighted by Gasteiger charge is 2.24. The van der Waals surface area contributed by atoms with Crippen molar-refractivity contribution in [1.82, 2.24) is 0 Å². The molecule has 0 aromatic rings. The van der Waals surface area contributed by atoms with Crippen molar-refractivity contribution in [3.8, 4) is 0 Å². The van der Waals surface area contributed by atoms with Gasteiger partial charge in [-0.25, -0.2) is 0 Å². The lowest BCUT2D eigenvalue weighted by molar-refractivity contribution is -0.215. The largest absolute Gasteiger partial charge is 0.394 e. The molecule has 98 valence electrons. The van der Waals surface area contributed by atoms with Crippen LogP contribution in [0.4, 0.5) is 0 Å². The Morgan fingerprint density at radius 2 is 1.88 bits per heavy atom. The van der Waals surface area contributed by atoms with Crippen molar-refractivity contribution in [3.05, 3.63) is 0 Å². The van der Waals surface area contributed by atoms with Crippen LogP contribution in [0.3, 0.4) is 0 Å². The molecule has 0 aromatic carbocycles. The number of aliphatic hydroxyl groups is 2. The van der Waals surface area contributed by atoms with E-state index < -0.39 is 18.1 Å². The first-order chi connectivity index (χ1) is 7.28. The van der Waals surface area contributed by atoms with E-state index in [1.807, 2.05) is 6.92 Å². The molecule has 4 N–H and O–H groups in total. The highest BCUT2D eigenvalue weighted by molar-refractivity contribution is 4.69. The van der Waals surface area contributed by atoms with Crippen LogP contribution in [0.15, 0.2) is 0 Å². The van der Waals surface area contributed by atoms with Gasteiger partial charge >= 0.3 is 0 Å². The standard InChI is InChI=1S/C11H25NO4/c1-5-9(7-13)16-10(15-8(2)12)6-11(3,4)14/h8-10,13-14H,5-7,12H2,1-4H3. The van der Waals surface area contributed by atoms with E-state index in [-0.39, 0.29) is 12.7 Å². The average molecular weight is 235 g/mol. The Kier molecular flexibility index (Phi) is 7.10. The van der Waals surface area contributed by atoms with Gasteiger partial charge in [0.05, 0.1) is 18.3 Å². The lowest BCUT2D eigenvalue weighted by Gasteiger charge is -2.29. The number of nitrogens with two attached hydrogens (primary N) is 1. The topological polar surface area (TPSA) is 84.9 Å². The van der Waals surface area contributed by atoms with Gasteiger partial charge in [0.1, 0.15) is 6.23 Å². The summed E-state index contributed by atoms with van der Waals surface area (Å²) in [5.74, 6) is 0. The van der Waals surface area contributed by atoms with Crippen LogP contribution in [0.5, 0.6) is 0 Å². The van der Waals surface area contributed by atoms with Crippen LogP contribution >= 0.6 is 0 Å². The van der Waals surface area contributed by atoms with Crippen molar-refractivity contribution < 1.29 is 19.7 Å². The highest BCUT2D eigenvalue weighted by atomic mass is 16.7. The minimum absolute atomic E-state index is 0.0683. The molecule has 0 saturated carbocycles. The molecule has 0 aliphatic rings. The van der Waals surface area contributed by atoms with Crippen LogP contribution in [0.25, 0.3) is 0 Å². The third-order valence-electron chi connectivity index (χ3n) is 2.04. The van der Waals surface area contributed by atoms with E-state index in [1.165, 1.54) is 0 Å². The van der Waals surface area contributed by atoms with Gasteiger partial charge in [0.15, 0.2) is 6.29 Å². The smallest absolute Gasteiger partial charge is 0.162 e. The summed E-state index contributed by atoms with van der Waals surface area (Å²) < 4.78 is 10.9. The van der Waals surface area contributed by atoms with Crippen LogP contribution in [-0.4, -0.2) is 41.0 Å². The first-order valence-electron chi connectivity index (χ1n) is 5.68. The third-order valence-corrected chi connectivity index (χ3v) is 2.04. The van der Waals surface area contributed by atoms with Gasteiger partial charge in [-0.3, -0.25) is 0 Å². The minimum Gasteiger partial charge on any atom is -0.394 e. The van der Waals surface area contributed by atoms with Gasteiger partial charge in [0.25, 0.3) is 0 Å². The maximum Gasteiger partial charge on any atom is 0.162 e. The average Bonchev–Trinajstić information content (AvgIpc) is 2.10. The van der Waals surface area contributed by atoms with E-state index in [0.717, 1.165) is 0 Å². The molecule has 0 spiro atoms. The van der Waals surface area contributed by atoms with Gasteiger partial charge in [-0.15, -0.1) is 0 Å². The summed E-state index contributed by atoms with van der Waals surface area (Å²) in [5.41, 5.74) is 4.63. The molecule has 0 saturated heterocycles. The molecule has 5 heteroatoms. The fourth-order valence-corrected chi connectivity index (χ4v) is 1.26. The lowest BCUT2D eigenvalue weighted by Crippen LogP contribution is -2.37. The summed E-state index contributed by atoms with van der Waals surface area (Å²) in [6.07, 6.45) is -0.363. The molecule has 5 nitrogen and oxygen atoms in total. The fraction of sp³-hybridized carbons (Fsp3) is 1.00. The quantitative estimate of drug-likeness (QED) is 0.536. The maximum absolute atomic E-state index is 9.70. The second-order valence-corrected chi connectivity index (χ2v) is 4.64. The van der Waals surface area contributed by atoms with Crippen molar-refractivity contribution in [3.63, 3.8) is 0 Å². The van der Waals surface area contributed by atoms with Crippen molar-refractivity contribution >= 4 is 0 Å². The molecule has 3 atom stereocenters. The molecule has 0 amide bonds. The molecule has 16 heavy (non-hydrogen) atoms. The molecule has 0 fully saturated rings. The van der Waals surface area contributed by atoms with Crippen molar-refractivity contribution in [2.24, 2.45) is 5.73 Å². The third kappa shape index (κ3) is 8.01. The van der Waals surface area contributed by atoms with Gasteiger partial charge in [-0.2, -0.15) is 0 Å². The van der Waals surface area contributed by atoms with Gasteiger partial charge in [-0.1, -0.05) is 6.92 Å². The molecule has 0 aromatic heterocycles. The zero-order valence-corrected chi connectivity index (χ0v) is 10.6. The van der Waals surface area contributed by atoms with E-state index >= 15 is 0 Å². The van der Waals surface area contributed by atoms with Crippen LogP contribution in [0.1, 0.15) is 40.5 Å². The summed E-state index contributed by atoms with van der Waals surface area (Å²) in [4.78, 5) is 0. The zero-order chi connectivity index (χ0) is 12.8. The van der Waals surface area contributed by atoms with E-state index in [4.69, 9.17) is 20.3 Å². The summed E-state index contributed by atoms with van der Waals surface area (Å²) in [7, 11) is 0. The number of aliphatic hydroxyl groups excluding tert-OH is 1. The number of hydrogen-bond acceptors (Lipinski definition) is 5. The molecule has 0 bridgehead atoms. The normalized spacial score (nSPS) is 18.2. The fourth-order valence-electron chi connectivity index (χ4n) is 1.26. The lowest BCUT2D eigenvalue weighted by atomic mass is 10.1. The first-order valence-corrected chi connectivity index (χ1v) is 5.68. The Morgan fingerprint density at radius 3 is 2.19 bits per heavy atom. The van der Waals surface area contributed by atoms with Gasteiger partial charge < -0.3 is 25.4 Å². The molecule has 0 heterocycles. The second-order valence-electron chi connectivity index (χ2n) is 4.64.